The fourth-order valence-corrected chi connectivity index (χ4v) is 4.39. The quantitative estimate of drug-likeness (QED) is 0.259. The lowest BCUT2D eigenvalue weighted by Gasteiger charge is -2.21. The molecule has 0 aliphatic heterocycles. The number of hydrogen-bond acceptors (Lipinski definition) is 7. The van der Waals surface area contributed by atoms with Crippen LogP contribution in [-0.4, -0.2) is 30.0 Å². The minimum Gasteiger partial charge on any atom is -0.493 e. The van der Waals surface area contributed by atoms with E-state index in [-0.39, 0.29) is 39.0 Å². The first-order chi connectivity index (χ1) is 16.3. The predicted octanol–water partition coefficient (Wildman–Crippen LogP) is 5.35. The highest BCUT2D eigenvalue weighted by Crippen LogP contribution is 2.38. The zero-order valence-electron chi connectivity index (χ0n) is 18.0. The first kappa shape index (κ1) is 23.1. The number of ether oxygens (including phenoxy) is 2. The van der Waals surface area contributed by atoms with Crippen LogP contribution in [0.2, 0.25) is 0 Å². The smallest absolute Gasteiger partial charge is 0.286 e. The molecule has 11 heteroatoms. The molecule has 174 valence electrons. The van der Waals surface area contributed by atoms with Crippen LogP contribution in [-0.2, 0) is 6.54 Å². The number of halogens is 2. The Hall–Kier alpha value is -4.12. The van der Waals surface area contributed by atoms with Gasteiger partial charge in [0.05, 0.1) is 36.5 Å². The van der Waals surface area contributed by atoms with E-state index in [0.717, 1.165) is 23.5 Å². The molecule has 34 heavy (non-hydrogen) atoms. The van der Waals surface area contributed by atoms with Gasteiger partial charge in [-0.25, -0.2) is 13.8 Å². The molecule has 0 unspecified atom stereocenters. The predicted molar refractivity (Wildman–Crippen MR) is 123 cm³/mol. The van der Waals surface area contributed by atoms with Gasteiger partial charge in [-0.15, -0.1) is 0 Å². The number of nitro benzene ring substituents is 1. The molecular formula is C23H17F2N3O5S. The van der Waals surface area contributed by atoms with E-state index in [2.05, 4.69) is 4.98 Å². The summed E-state index contributed by atoms with van der Waals surface area (Å²) >= 11 is 0.896. The molecule has 0 aliphatic rings. The highest BCUT2D eigenvalue weighted by Gasteiger charge is 2.30. The van der Waals surface area contributed by atoms with Crippen molar-refractivity contribution in [2.45, 2.75) is 6.54 Å². The van der Waals surface area contributed by atoms with Gasteiger partial charge in [-0.1, -0.05) is 41.7 Å². The second-order valence-corrected chi connectivity index (χ2v) is 8.10. The SMILES string of the molecule is COc1cc(C(=O)N(Cc2ccccc2)c2nc3c(F)cc(F)cc3s2)c([N+](=O)[O-])cc1OC. The van der Waals surface area contributed by atoms with Crippen molar-refractivity contribution in [1.29, 1.82) is 0 Å². The summed E-state index contributed by atoms with van der Waals surface area (Å²) in [5.74, 6) is -2.22. The molecular weight excluding hydrogens is 468 g/mol. The van der Waals surface area contributed by atoms with Crippen LogP contribution in [0.25, 0.3) is 10.2 Å². The molecule has 0 radical (unpaired) electrons. The first-order valence-electron chi connectivity index (χ1n) is 9.84. The van der Waals surface area contributed by atoms with Crippen LogP contribution in [0, 0.1) is 21.7 Å². The van der Waals surface area contributed by atoms with Crippen molar-refractivity contribution >= 4 is 38.3 Å². The Kier molecular flexibility index (Phi) is 6.37. The number of nitrogens with zero attached hydrogens (tertiary/aromatic N) is 3. The molecule has 1 aromatic heterocycles. The average molecular weight is 485 g/mol. The van der Waals surface area contributed by atoms with Gasteiger partial charge in [-0.3, -0.25) is 19.8 Å². The summed E-state index contributed by atoms with van der Waals surface area (Å²) in [5, 5.41) is 11.8. The van der Waals surface area contributed by atoms with Gasteiger partial charge in [-0.2, -0.15) is 0 Å². The van der Waals surface area contributed by atoms with Crippen LogP contribution in [0.1, 0.15) is 15.9 Å². The van der Waals surface area contributed by atoms with Gasteiger partial charge in [-0.05, 0) is 11.6 Å². The fraction of sp³-hybridized carbons (Fsp3) is 0.130. The number of hydrogen-bond donors (Lipinski definition) is 0. The van der Waals surface area contributed by atoms with Gasteiger partial charge in [0, 0.05) is 12.1 Å². The van der Waals surface area contributed by atoms with Gasteiger partial charge in [0.1, 0.15) is 16.9 Å². The molecule has 0 spiro atoms. The van der Waals surface area contributed by atoms with Crippen LogP contribution >= 0.6 is 11.3 Å². The Balaban J connectivity index is 1.88. The number of carbonyl (C=O) groups is 1. The number of thiazole rings is 1. The van der Waals surface area contributed by atoms with E-state index in [1.807, 2.05) is 0 Å². The monoisotopic (exact) mass is 485 g/mol. The Labute approximate surface area is 196 Å². The summed E-state index contributed by atoms with van der Waals surface area (Å²) in [7, 11) is 2.66. The third-order valence-corrected chi connectivity index (χ3v) is 6.02. The van der Waals surface area contributed by atoms with E-state index < -0.39 is 28.2 Å². The molecule has 3 aromatic carbocycles. The molecule has 8 nitrogen and oxygen atoms in total. The summed E-state index contributed by atoms with van der Waals surface area (Å²) in [4.78, 5) is 30.1. The Morgan fingerprint density at radius 3 is 2.41 bits per heavy atom. The average Bonchev–Trinajstić information content (AvgIpc) is 3.25. The van der Waals surface area contributed by atoms with Crippen molar-refractivity contribution in [2.24, 2.45) is 0 Å². The van der Waals surface area contributed by atoms with Crippen LogP contribution in [0.5, 0.6) is 11.5 Å². The number of nitro groups is 1. The molecule has 0 bridgehead atoms. The van der Waals surface area contributed by atoms with Crippen LogP contribution in [0.4, 0.5) is 19.6 Å². The van der Waals surface area contributed by atoms with E-state index in [9.17, 15) is 23.7 Å². The maximum Gasteiger partial charge on any atom is 0.286 e. The second kappa shape index (κ2) is 9.40. The highest BCUT2D eigenvalue weighted by molar-refractivity contribution is 7.22. The van der Waals surface area contributed by atoms with Crippen molar-refractivity contribution < 1.29 is 28.0 Å². The minimum atomic E-state index is -0.873. The van der Waals surface area contributed by atoms with E-state index in [4.69, 9.17) is 9.47 Å². The lowest BCUT2D eigenvalue weighted by atomic mass is 10.1. The van der Waals surface area contributed by atoms with Gasteiger partial charge >= 0.3 is 0 Å². The largest absolute Gasteiger partial charge is 0.493 e. The molecule has 4 rings (SSSR count). The molecule has 1 amide bonds. The lowest BCUT2D eigenvalue weighted by Crippen LogP contribution is -2.31. The number of carbonyl (C=O) groups excluding carboxylic acids is 1. The molecule has 0 saturated carbocycles. The second-order valence-electron chi connectivity index (χ2n) is 7.09. The number of aromatic nitrogens is 1. The standard InChI is InChI=1S/C23H17F2N3O5S/c1-32-18-10-15(17(28(30)31)11-19(18)33-2)22(29)27(12-13-6-4-3-5-7-13)23-26-21-16(25)8-14(24)9-20(21)34-23/h3-11H,12H2,1-2H3. The van der Waals surface area contributed by atoms with Gasteiger partial charge < -0.3 is 9.47 Å². The topological polar surface area (TPSA) is 94.8 Å². The molecule has 0 fully saturated rings. The summed E-state index contributed by atoms with van der Waals surface area (Å²) in [6.45, 7) is -0.0188. The van der Waals surface area contributed by atoms with Crippen LogP contribution < -0.4 is 14.4 Å². The van der Waals surface area contributed by atoms with E-state index in [1.165, 1.54) is 25.2 Å². The van der Waals surface area contributed by atoms with Gasteiger partial charge in [0.25, 0.3) is 11.6 Å². The lowest BCUT2D eigenvalue weighted by molar-refractivity contribution is -0.385. The Bertz CT molecular complexity index is 1390. The minimum absolute atomic E-state index is 0.0188. The van der Waals surface area contributed by atoms with Gasteiger partial charge in [0.15, 0.2) is 22.4 Å². The molecule has 0 saturated heterocycles. The van der Waals surface area contributed by atoms with Crippen molar-refractivity contribution in [3.8, 4) is 11.5 Å². The van der Waals surface area contributed by atoms with Gasteiger partial charge in [0.2, 0.25) is 0 Å². The third-order valence-electron chi connectivity index (χ3n) is 4.99. The summed E-state index contributed by atoms with van der Waals surface area (Å²) in [6.07, 6.45) is 0. The van der Waals surface area contributed by atoms with E-state index in [1.54, 1.807) is 30.3 Å². The maximum atomic E-state index is 14.3. The van der Waals surface area contributed by atoms with E-state index in [0.29, 0.717) is 11.6 Å². The van der Waals surface area contributed by atoms with Crippen molar-refractivity contribution in [2.75, 3.05) is 19.1 Å². The number of fused-ring (bicyclic) bond motifs is 1. The molecule has 0 atom stereocenters. The Morgan fingerprint density at radius 1 is 1.09 bits per heavy atom. The summed E-state index contributed by atoms with van der Waals surface area (Å²) in [5.41, 5.74) is -0.178. The van der Waals surface area contributed by atoms with Crippen LogP contribution in [0.3, 0.4) is 0 Å². The molecule has 0 N–H and O–H groups in total. The number of rotatable bonds is 7. The normalized spacial score (nSPS) is 10.8. The maximum absolute atomic E-state index is 14.3. The highest BCUT2D eigenvalue weighted by atomic mass is 32.1. The Morgan fingerprint density at radius 2 is 1.76 bits per heavy atom. The summed E-state index contributed by atoms with van der Waals surface area (Å²) < 4.78 is 38.6. The third kappa shape index (κ3) is 4.37. The van der Waals surface area contributed by atoms with Crippen LogP contribution in [0.15, 0.2) is 54.6 Å². The molecule has 0 aliphatic carbocycles. The molecule has 1 heterocycles. The summed E-state index contributed by atoms with van der Waals surface area (Å²) in [6, 6.07) is 13.0. The number of methoxy groups -OCH3 is 2. The zero-order chi connectivity index (χ0) is 24.4. The number of amides is 1. The number of benzene rings is 3. The van der Waals surface area contributed by atoms with Crippen molar-refractivity contribution in [1.82, 2.24) is 4.98 Å². The van der Waals surface area contributed by atoms with Crippen molar-refractivity contribution in [3.63, 3.8) is 0 Å². The van der Waals surface area contributed by atoms with Crippen molar-refractivity contribution in [3.05, 3.63) is 87.5 Å². The van der Waals surface area contributed by atoms with E-state index >= 15 is 0 Å². The zero-order valence-corrected chi connectivity index (χ0v) is 18.8. The number of anilines is 1. The molecule has 4 aromatic rings. The first-order valence-corrected chi connectivity index (χ1v) is 10.7. The fourth-order valence-electron chi connectivity index (χ4n) is 3.39.